The Labute approximate surface area is 113 Å². The molecule has 1 aliphatic rings. The van der Waals surface area contributed by atoms with E-state index < -0.39 is 0 Å². The lowest BCUT2D eigenvalue weighted by molar-refractivity contribution is 0.174. The molecule has 2 rings (SSSR count). The average Bonchev–Trinajstić information content (AvgIpc) is 2.42. The molecule has 0 saturated carbocycles. The van der Waals surface area contributed by atoms with Crippen LogP contribution in [0.1, 0.15) is 12.8 Å². The summed E-state index contributed by atoms with van der Waals surface area (Å²) in [5.74, 6) is 0.570. The molecule has 0 spiro atoms. The van der Waals surface area contributed by atoms with Crippen LogP contribution in [-0.2, 0) is 0 Å². The third kappa shape index (κ3) is 4.54. The topological polar surface area (TPSA) is 67.6 Å². The smallest absolute Gasteiger partial charge is 0.410 e. The third-order valence-electron chi connectivity index (χ3n) is 3.31. The monoisotopic (exact) mass is 263 g/mol. The molecular formula is C14H21N3O2. The van der Waals surface area contributed by atoms with E-state index in [1.807, 2.05) is 18.2 Å². The van der Waals surface area contributed by atoms with Gasteiger partial charge in [0.2, 0.25) is 0 Å². The summed E-state index contributed by atoms with van der Waals surface area (Å²) >= 11 is 0. The van der Waals surface area contributed by atoms with Crippen LogP contribution in [0, 0.1) is 0 Å². The number of carbonyl (C=O) groups is 1. The minimum atomic E-state index is -0.372. The number of benzene rings is 1. The second-order valence-corrected chi connectivity index (χ2v) is 4.75. The maximum absolute atomic E-state index is 11.7. The zero-order valence-electron chi connectivity index (χ0n) is 11.0. The van der Waals surface area contributed by atoms with Gasteiger partial charge in [0.1, 0.15) is 5.75 Å². The fourth-order valence-electron chi connectivity index (χ4n) is 2.28. The molecule has 0 bridgehead atoms. The molecule has 0 aliphatic carbocycles. The second kappa shape index (κ2) is 7.11. The van der Waals surface area contributed by atoms with Crippen LogP contribution in [0.4, 0.5) is 4.79 Å². The molecule has 1 saturated heterocycles. The molecule has 5 nitrogen and oxygen atoms in total. The summed E-state index contributed by atoms with van der Waals surface area (Å²) in [5, 5.41) is 2.91. The molecule has 104 valence electrons. The van der Waals surface area contributed by atoms with Crippen LogP contribution in [0.5, 0.6) is 5.75 Å². The van der Waals surface area contributed by atoms with Gasteiger partial charge in [-0.1, -0.05) is 18.2 Å². The van der Waals surface area contributed by atoms with Crippen molar-refractivity contribution in [2.45, 2.75) is 18.9 Å². The SMILES string of the molecule is NCCN1CCC(NC(=O)Oc2ccccc2)CC1. The molecule has 1 aromatic carbocycles. The van der Waals surface area contributed by atoms with Gasteiger partial charge in [0, 0.05) is 32.2 Å². The summed E-state index contributed by atoms with van der Waals surface area (Å²) in [6.07, 6.45) is 1.52. The maximum Gasteiger partial charge on any atom is 0.412 e. The number of para-hydroxylation sites is 1. The Morgan fingerprint density at radius 3 is 2.63 bits per heavy atom. The van der Waals surface area contributed by atoms with Gasteiger partial charge < -0.3 is 20.7 Å². The van der Waals surface area contributed by atoms with Crippen molar-refractivity contribution in [3.8, 4) is 5.75 Å². The zero-order chi connectivity index (χ0) is 13.5. The van der Waals surface area contributed by atoms with E-state index >= 15 is 0 Å². The van der Waals surface area contributed by atoms with Crippen LogP contribution < -0.4 is 15.8 Å². The van der Waals surface area contributed by atoms with Gasteiger partial charge >= 0.3 is 6.09 Å². The highest BCUT2D eigenvalue weighted by Crippen LogP contribution is 2.12. The maximum atomic E-state index is 11.7. The Balaban J connectivity index is 1.72. The predicted molar refractivity (Wildman–Crippen MR) is 74.1 cm³/mol. The molecule has 1 aliphatic heterocycles. The Bertz CT molecular complexity index is 389. The van der Waals surface area contributed by atoms with E-state index in [0.717, 1.165) is 32.5 Å². The van der Waals surface area contributed by atoms with Crippen molar-refractivity contribution in [1.29, 1.82) is 0 Å². The highest BCUT2D eigenvalue weighted by molar-refractivity contribution is 5.70. The highest BCUT2D eigenvalue weighted by atomic mass is 16.6. The summed E-state index contributed by atoms with van der Waals surface area (Å²) < 4.78 is 5.21. The lowest BCUT2D eigenvalue weighted by Crippen LogP contribution is -2.46. The van der Waals surface area contributed by atoms with Crippen molar-refractivity contribution < 1.29 is 9.53 Å². The lowest BCUT2D eigenvalue weighted by Gasteiger charge is -2.31. The molecular weight excluding hydrogens is 242 g/mol. The van der Waals surface area contributed by atoms with Gasteiger partial charge in [0.15, 0.2) is 0 Å². The van der Waals surface area contributed by atoms with E-state index in [-0.39, 0.29) is 12.1 Å². The van der Waals surface area contributed by atoms with E-state index in [1.54, 1.807) is 12.1 Å². The largest absolute Gasteiger partial charge is 0.412 e. The van der Waals surface area contributed by atoms with Gasteiger partial charge in [-0.25, -0.2) is 4.79 Å². The average molecular weight is 263 g/mol. The van der Waals surface area contributed by atoms with E-state index in [2.05, 4.69) is 10.2 Å². The van der Waals surface area contributed by atoms with Crippen LogP contribution in [0.2, 0.25) is 0 Å². The van der Waals surface area contributed by atoms with Crippen LogP contribution in [0.3, 0.4) is 0 Å². The van der Waals surface area contributed by atoms with E-state index in [1.165, 1.54) is 0 Å². The first-order valence-corrected chi connectivity index (χ1v) is 6.74. The summed E-state index contributed by atoms with van der Waals surface area (Å²) in [4.78, 5) is 14.0. The van der Waals surface area contributed by atoms with E-state index in [0.29, 0.717) is 12.3 Å². The predicted octanol–water partition coefficient (Wildman–Crippen LogP) is 1.20. The fraction of sp³-hybridized carbons (Fsp3) is 0.500. The van der Waals surface area contributed by atoms with Crippen molar-refractivity contribution in [1.82, 2.24) is 10.2 Å². The summed E-state index contributed by atoms with van der Waals surface area (Å²) in [7, 11) is 0. The summed E-state index contributed by atoms with van der Waals surface area (Å²) in [5.41, 5.74) is 5.53. The fourth-order valence-corrected chi connectivity index (χ4v) is 2.28. The number of nitrogens with one attached hydrogen (secondary N) is 1. The zero-order valence-corrected chi connectivity index (χ0v) is 11.0. The summed E-state index contributed by atoms with van der Waals surface area (Å²) in [6.45, 7) is 3.58. The highest BCUT2D eigenvalue weighted by Gasteiger charge is 2.20. The minimum absolute atomic E-state index is 0.199. The van der Waals surface area contributed by atoms with E-state index in [9.17, 15) is 4.79 Å². The number of hydrogen-bond donors (Lipinski definition) is 2. The molecule has 1 amide bonds. The van der Waals surface area contributed by atoms with Gasteiger partial charge in [-0.3, -0.25) is 0 Å². The van der Waals surface area contributed by atoms with Crippen molar-refractivity contribution in [2.75, 3.05) is 26.2 Å². The quantitative estimate of drug-likeness (QED) is 0.856. The lowest BCUT2D eigenvalue weighted by atomic mass is 10.1. The van der Waals surface area contributed by atoms with Gasteiger partial charge in [0.25, 0.3) is 0 Å². The Morgan fingerprint density at radius 2 is 2.00 bits per heavy atom. The number of piperidine rings is 1. The Kier molecular flexibility index (Phi) is 5.18. The molecule has 1 aromatic rings. The second-order valence-electron chi connectivity index (χ2n) is 4.75. The molecule has 0 atom stereocenters. The first-order valence-electron chi connectivity index (χ1n) is 6.74. The molecule has 0 unspecified atom stereocenters. The van der Waals surface area contributed by atoms with Gasteiger partial charge in [0.05, 0.1) is 0 Å². The molecule has 5 heteroatoms. The number of ether oxygens (including phenoxy) is 1. The molecule has 19 heavy (non-hydrogen) atoms. The van der Waals surface area contributed by atoms with Crippen LogP contribution in [0.25, 0.3) is 0 Å². The van der Waals surface area contributed by atoms with Crippen LogP contribution >= 0.6 is 0 Å². The Hall–Kier alpha value is -1.59. The van der Waals surface area contributed by atoms with Crippen molar-refractivity contribution in [3.05, 3.63) is 30.3 Å². The molecule has 0 radical (unpaired) electrons. The van der Waals surface area contributed by atoms with Crippen molar-refractivity contribution in [3.63, 3.8) is 0 Å². The number of carbonyl (C=O) groups excluding carboxylic acids is 1. The van der Waals surface area contributed by atoms with E-state index in [4.69, 9.17) is 10.5 Å². The van der Waals surface area contributed by atoms with Crippen LogP contribution in [0.15, 0.2) is 30.3 Å². The normalized spacial score (nSPS) is 17.1. The summed E-state index contributed by atoms with van der Waals surface area (Å²) in [6, 6.07) is 9.30. The Morgan fingerprint density at radius 1 is 1.32 bits per heavy atom. The minimum Gasteiger partial charge on any atom is -0.410 e. The molecule has 0 aromatic heterocycles. The number of nitrogens with two attached hydrogens (primary N) is 1. The number of likely N-dealkylation sites (tertiary alicyclic amines) is 1. The van der Waals surface area contributed by atoms with Gasteiger partial charge in [-0.2, -0.15) is 0 Å². The van der Waals surface area contributed by atoms with Gasteiger partial charge in [-0.15, -0.1) is 0 Å². The third-order valence-corrected chi connectivity index (χ3v) is 3.31. The number of rotatable bonds is 4. The number of amides is 1. The first kappa shape index (κ1) is 13.8. The standard InChI is InChI=1S/C14H21N3O2/c15-8-11-17-9-6-12(7-10-17)16-14(18)19-13-4-2-1-3-5-13/h1-5,12H,6-11,15H2,(H,16,18). The first-order chi connectivity index (χ1) is 9.28. The van der Waals surface area contributed by atoms with Gasteiger partial charge in [-0.05, 0) is 25.0 Å². The van der Waals surface area contributed by atoms with Crippen molar-refractivity contribution >= 4 is 6.09 Å². The molecule has 1 fully saturated rings. The number of hydrogen-bond acceptors (Lipinski definition) is 4. The molecule has 1 heterocycles. The molecule has 3 N–H and O–H groups in total. The van der Waals surface area contributed by atoms with Crippen LogP contribution in [-0.4, -0.2) is 43.2 Å². The van der Waals surface area contributed by atoms with Crippen molar-refractivity contribution in [2.24, 2.45) is 5.73 Å². The number of nitrogens with zero attached hydrogens (tertiary/aromatic N) is 1.